The maximum Gasteiger partial charge on any atom is 0.325 e. The molecule has 27 heavy (non-hydrogen) atoms. The summed E-state index contributed by atoms with van der Waals surface area (Å²) in [5.74, 6) is 0.357. The number of urea groups is 1. The predicted octanol–water partition coefficient (Wildman–Crippen LogP) is 2.38. The number of amides is 3. The molecule has 1 heterocycles. The number of hydrogen-bond acceptors (Lipinski definition) is 5. The minimum Gasteiger partial charge on any atom is -0.486 e. The Hall–Kier alpha value is -3.13. The summed E-state index contributed by atoms with van der Waals surface area (Å²) in [7, 11) is 1.71. The molecule has 0 saturated heterocycles. The van der Waals surface area contributed by atoms with Gasteiger partial charge in [-0.3, -0.25) is 15.0 Å². The Labute approximate surface area is 156 Å². The Morgan fingerprint density at radius 1 is 1.11 bits per heavy atom. The van der Waals surface area contributed by atoms with Gasteiger partial charge in [-0.25, -0.2) is 9.18 Å². The number of nitrogens with zero attached hydrogens (tertiary/aromatic N) is 1. The van der Waals surface area contributed by atoms with Crippen molar-refractivity contribution in [2.24, 2.45) is 0 Å². The molecule has 0 fully saturated rings. The molecule has 0 radical (unpaired) electrons. The summed E-state index contributed by atoms with van der Waals surface area (Å²) < 4.78 is 24.1. The molecule has 3 amide bonds. The first-order valence-corrected chi connectivity index (χ1v) is 8.43. The first-order valence-electron chi connectivity index (χ1n) is 8.43. The normalized spacial score (nSPS) is 12.6. The minimum absolute atomic E-state index is 0.00886. The molecule has 0 bridgehead atoms. The van der Waals surface area contributed by atoms with E-state index >= 15 is 0 Å². The van der Waals surface area contributed by atoms with Crippen LogP contribution in [0.3, 0.4) is 0 Å². The van der Waals surface area contributed by atoms with E-state index in [4.69, 9.17) is 9.47 Å². The first-order chi connectivity index (χ1) is 13.0. The summed E-state index contributed by atoms with van der Waals surface area (Å²) in [6.07, 6.45) is 0. The highest BCUT2D eigenvalue weighted by Gasteiger charge is 2.14. The highest BCUT2D eigenvalue weighted by atomic mass is 19.1. The van der Waals surface area contributed by atoms with Crippen LogP contribution in [-0.2, 0) is 11.3 Å². The smallest absolute Gasteiger partial charge is 0.325 e. The molecule has 142 valence electrons. The van der Waals surface area contributed by atoms with Crippen molar-refractivity contribution >= 4 is 17.6 Å². The van der Waals surface area contributed by atoms with Crippen LogP contribution in [-0.4, -0.2) is 43.6 Å². The van der Waals surface area contributed by atoms with Crippen LogP contribution in [0.1, 0.15) is 5.56 Å². The average Bonchev–Trinajstić information content (AvgIpc) is 2.61. The van der Waals surface area contributed by atoms with E-state index in [1.54, 1.807) is 42.3 Å². The van der Waals surface area contributed by atoms with Gasteiger partial charge in [0.2, 0.25) is 5.91 Å². The number of fused-ring (bicyclic) bond motifs is 1. The lowest BCUT2D eigenvalue weighted by molar-refractivity contribution is -0.120. The van der Waals surface area contributed by atoms with Gasteiger partial charge in [0.15, 0.2) is 11.5 Å². The molecule has 2 N–H and O–H groups in total. The number of rotatable bonds is 5. The topological polar surface area (TPSA) is 79.9 Å². The van der Waals surface area contributed by atoms with Crippen molar-refractivity contribution in [3.05, 3.63) is 53.8 Å². The van der Waals surface area contributed by atoms with Crippen molar-refractivity contribution in [2.75, 3.05) is 32.1 Å². The number of benzene rings is 2. The Bertz CT molecular complexity index is 843. The number of carbonyl (C=O) groups excluding carboxylic acids is 2. The highest BCUT2D eigenvalue weighted by Crippen LogP contribution is 2.32. The van der Waals surface area contributed by atoms with Gasteiger partial charge in [0.1, 0.15) is 19.0 Å². The number of imide groups is 1. The first kappa shape index (κ1) is 18.7. The zero-order chi connectivity index (χ0) is 19.2. The van der Waals surface area contributed by atoms with Crippen molar-refractivity contribution in [1.82, 2.24) is 10.2 Å². The summed E-state index contributed by atoms with van der Waals surface area (Å²) in [5.41, 5.74) is 1.23. The summed E-state index contributed by atoms with van der Waals surface area (Å²) in [6, 6.07) is 10.5. The van der Waals surface area contributed by atoms with Crippen LogP contribution in [0.4, 0.5) is 14.9 Å². The van der Waals surface area contributed by atoms with Gasteiger partial charge in [0, 0.05) is 18.3 Å². The molecule has 0 aromatic heterocycles. The second-order valence-corrected chi connectivity index (χ2v) is 6.16. The molecular weight excluding hydrogens is 353 g/mol. The third-order valence-corrected chi connectivity index (χ3v) is 3.81. The molecule has 0 aliphatic carbocycles. The summed E-state index contributed by atoms with van der Waals surface area (Å²) in [4.78, 5) is 25.7. The van der Waals surface area contributed by atoms with Crippen molar-refractivity contribution in [1.29, 1.82) is 0 Å². The van der Waals surface area contributed by atoms with Gasteiger partial charge in [-0.05, 0) is 36.9 Å². The molecule has 3 rings (SSSR count). The molecule has 2 aromatic carbocycles. The SMILES string of the molecule is CN(CC(=O)NC(=O)Nc1ccc2c(c1)OCCO2)Cc1cccc(F)c1. The van der Waals surface area contributed by atoms with E-state index < -0.39 is 11.9 Å². The van der Waals surface area contributed by atoms with E-state index in [0.717, 1.165) is 5.56 Å². The largest absolute Gasteiger partial charge is 0.486 e. The third kappa shape index (κ3) is 5.42. The molecule has 8 heteroatoms. The summed E-state index contributed by atoms with van der Waals surface area (Å²) in [6.45, 7) is 1.30. The molecule has 0 spiro atoms. The number of carbonyl (C=O) groups is 2. The lowest BCUT2D eigenvalue weighted by Gasteiger charge is -2.19. The number of likely N-dealkylation sites (N-methyl/N-ethyl adjacent to an activating group) is 1. The van der Waals surface area contributed by atoms with E-state index in [-0.39, 0.29) is 12.4 Å². The predicted molar refractivity (Wildman–Crippen MR) is 97.3 cm³/mol. The maximum absolute atomic E-state index is 13.2. The van der Waals surface area contributed by atoms with Crippen molar-refractivity contribution in [2.45, 2.75) is 6.54 Å². The van der Waals surface area contributed by atoms with Crippen LogP contribution >= 0.6 is 0 Å². The van der Waals surface area contributed by atoms with Gasteiger partial charge in [0.25, 0.3) is 0 Å². The van der Waals surface area contributed by atoms with Crippen molar-refractivity contribution in [3.8, 4) is 11.5 Å². The molecule has 0 unspecified atom stereocenters. The summed E-state index contributed by atoms with van der Waals surface area (Å²) >= 11 is 0. The molecule has 7 nitrogen and oxygen atoms in total. The second-order valence-electron chi connectivity index (χ2n) is 6.16. The minimum atomic E-state index is -0.643. The van der Waals surface area contributed by atoms with Crippen molar-refractivity contribution < 1.29 is 23.5 Å². The monoisotopic (exact) mass is 373 g/mol. The molecule has 2 aromatic rings. The van der Waals surface area contributed by atoms with Gasteiger partial charge in [-0.15, -0.1) is 0 Å². The van der Waals surface area contributed by atoms with Crippen LogP contribution < -0.4 is 20.1 Å². The van der Waals surface area contributed by atoms with E-state index in [1.807, 2.05) is 0 Å². The fraction of sp³-hybridized carbons (Fsp3) is 0.263. The van der Waals surface area contributed by atoms with Crippen molar-refractivity contribution in [3.63, 3.8) is 0 Å². The van der Waals surface area contributed by atoms with Crippen LogP contribution in [0.25, 0.3) is 0 Å². The van der Waals surface area contributed by atoms with E-state index in [0.29, 0.717) is 36.9 Å². The Kier molecular flexibility index (Phi) is 5.87. The van der Waals surface area contributed by atoms with Gasteiger partial charge >= 0.3 is 6.03 Å². The van der Waals surface area contributed by atoms with Gasteiger partial charge in [-0.2, -0.15) is 0 Å². The van der Waals surface area contributed by atoms with E-state index in [9.17, 15) is 14.0 Å². The molecular formula is C19H20FN3O4. The highest BCUT2D eigenvalue weighted by molar-refractivity contribution is 6.01. The fourth-order valence-corrected chi connectivity index (χ4v) is 2.70. The van der Waals surface area contributed by atoms with Crippen LogP contribution in [0.15, 0.2) is 42.5 Å². The second kappa shape index (κ2) is 8.50. The lowest BCUT2D eigenvalue weighted by atomic mass is 10.2. The molecule has 0 atom stereocenters. The quantitative estimate of drug-likeness (QED) is 0.841. The Morgan fingerprint density at radius 3 is 2.67 bits per heavy atom. The van der Waals surface area contributed by atoms with E-state index in [1.165, 1.54) is 12.1 Å². The number of hydrogen-bond donors (Lipinski definition) is 2. The third-order valence-electron chi connectivity index (χ3n) is 3.81. The number of nitrogens with one attached hydrogen (secondary N) is 2. The molecule has 0 saturated carbocycles. The van der Waals surface area contributed by atoms with Gasteiger partial charge in [0.05, 0.1) is 6.54 Å². The standard InChI is InChI=1S/C19H20FN3O4/c1-23(11-13-3-2-4-14(20)9-13)12-18(24)22-19(25)21-15-5-6-16-17(10-15)27-8-7-26-16/h2-6,9-10H,7-8,11-12H2,1H3,(H2,21,22,24,25). The van der Waals surface area contributed by atoms with Gasteiger partial charge < -0.3 is 14.8 Å². The average molecular weight is 373 g/mol. The lowest BCUT2D eigenvalue weighted by Crippen LogP contribution is -2.40. The van der Waals surface area contributed by atoms with Gasteiger partial charge in [-0.1, -0.05) is 12.1 Å². The van der Waals surface area contributed by atoms with Crippen LogP contribution in [0.5, 0.6) is 11.5 Å². The molecule has 1 aliphatic heterocycles. The maximum atomic E-state index is 13.2. The summed E-state index contributed by atoms with van der Waals surface area (Å²) in [5, 5.41) is 4.84. The molecule has 1 aliphatic rings. The number of ether oxygens (including phenoxy) is 2. The Balaban J connectivity index is 1.48. The van der Waals surface area contributed by atoms with Crippen LogP contribution in [0.2, 0.25) is 0 Å². The fourth-order valence-electron chi connectivity index (χ4n) is 2.70. The zero-order valence-electron chi connectivity index (χ0n) is 14.8. The number of anilines is 1. The van der Waals surface area contributed by atoms with Crippen LogP contribution in [0, 0.1) is 5.82 Å². The number of halogens is 1. The zero-order valence-corrected chi connectivity index (χ0v) is 14.8. The van der Waals surface area contributed by atoms with E-state index in [2.05, 4.69) is 10.6 Å². The Morgan fingerprint density at radius 2 is 1.89 bits per heavy atom.